The zero-order valence-electron chi connectivity index (χ0n) is 17.3. The monoisotopic (exact) mass is 372 g/mol. The average Bonchev–Trinajstić information content (AvgIpc) is 3.11. The zero-order valence-corrected chi connectivity index (χ0v) is 18.3. The summed E-state index contributed by atoms with van der Waals surface area (Å²) in [5.41, 5.74) is 0. The summed E-state index contributed by atoms with van der Waals surface area (Å²) in [6.45, 7) is 9.08. The van der Waals surface area contributed by atoms with E-state index in [0.29, 0.717) is 6.10 Å². The molecule has 0 spiro atoms. The average molecular weight is 373 g/mol. The summed E-state index contributed by atoms with van der Waals surface area (Å²) in [6.07, 6.45) is 19.2. The van der Waals surface area contributed by atoms with Crippen LogP contribution in [0.2, 0.25) is 13.1 Å². The van der Waals surface area contributed by atoms with Crippen LogP contribution in [0.15, 0.2) is 0 Å². The van der Waals surface area contributed by atoms with Gasteiger partial charge in [0.25, 0.3) is 0 Å². The maximum Gasteiger partial charge on any atom is 0.331 e. The highest BCUT2D eigenvalue weighted by Crippen LogP contribution is 2.16. The lowest BCUT2D eigenvalue weighted by molar-refractivity contribution is 0.0504. The number of ether oxygens (including phenoxy) is 1. The molecule has 0 saturated carbocycles. The van der Waals surface area contributed by atoms with Crippen molar-refractivity contribution < 1.29 is 13.6 Å². The fourth-order valence-corrected chi connectivity index (χ4v) is 4.68. The Labute approximate surface area is 158 Å². The van der Waals surface area contributed by atoms with Crippen molar-refractivity contribution in [3.8, 4) is 0 Å². The molecule has 0 aromatic carbocycles. The van der Waals surface area contributed by atoms with Crippen molar-refractivity contribution in [2.24, 2.45) is 0 Å². The van der Waals surface area contributed by atoms with E-state index in [2.05, 4.69) is 20.0 Å². The molecule has 1 atom stereocenters. The van der Waals surface area contributed by atoms with E-state index >= 15 is 0 Å². The summed E-state index contributed by atoms with van der Waals surface area (Å²) >= 11 is 0. The molecule has 1 aliphatic heterocycles. The largest absolute Gasteiger partial charge is 0.395 e. The van der Waals surface area contributed by atoms with Gasteiger partial charge in [0.1, 0.15) is 0 Å². The minimum absolute atomic E-state index is 0.307. The normalized spacial score (nSPS) is 18.1. The van der Waals surface area contributed by atoms with Gasteiger partial charge >= 0.3 is 8.56 Å². The first-order chi connectivity index (χ1) is 12.1. The van der Waals surface area contributed by atoms with Gasteiger partial charge in [-0.25, -0.2) is 0 Å². The van der Waals surface area contributed by atoms with Gasteiger partial charge in [-0.05, 0) is 32.4 Å². The van der Waals surface area contributed by atoms with Gasteiger partial charge in [-0.2, -0.15) is 0 Å². The van der Waals surface area contributed by atoms with E-state index in [4.69, 9.17) is 13.6 Å². The summed E-state index contributed by atoms with van der Waals surface area (Å²) in [7, 11) is -1.95. The summed E-state index contributed by atoms with van der Waals surface area (Å²) in [4.78, 5) is 0. The molecule has 0 N–H and O–H groups in total. The second kappa shape index (κ2) is 15.2. The predicted molar refractivity (Wildman–Crippen MR) is 109 cm³/mol. The molecule has 4 heteroatoms. The van der Waals surface area contributed by atoms with Gasteiger partial charge in [0.2, 0.25) is 0 Å². The van der Waals surface area contributed by atoms with Gasteiger partial charge in [0.15, 0.2) is 0 Å². The number of unbranched alkanes of at least 4 members (excludes halogenated alkanes) is 11. The molecule has 1 unspecified atom stereocenters. The van der Waals surface area contributed by atoms with E-state index in [1.165, 1.54) is 83.5 Å². The molecule has 0 aromatic rings. The number of rotatable bonds is 17. The van der Waals surface area contributed by atoms with Crippen molar-refractivity contribution >= 4 is 8.56 Å². The van der Waals surface area contributed by atoms with Crippen molar-refractivity contribution in [3.63, 3.8) is 0 Å². The molecular weight excluding hydrogens is 328 g/mol. The summed E-state index contributed by atoms with van der Waals surface area (Å²) in [5, 5.41) is 0. The van der Waals surface area contributed by atoms with E-state index < -0.39 is 8.56 Å². The van der Waals surface area contributed by atoms with Crippen LogP contribution in [0.3, 0.4) is 0 Å². The smallest absolute Gasteiger partial charge is 0.331 e. The van der Waals surface area contributed by atoms with Crippen LogP contribution in [0.25, 0.3) is 0 Å². The molecule has 0 aliphatic carbocycles. The van der Waals surface area contributed by atoms with Gasteiger partial charge in [-0.1, -0.05) is 77.6 Å². The molecule has 0 bridgehead atoms. The van der Waals surface area contributed by atoms with E-state index in [0.717, 1.165) is 26.2 Å². The fourth-order valence-electron chi connectivity index (χ4n) is 3.37. The maximum absolute atomic E-state index is 6.04. The van der Waals surface area contributed by atoms with Crippen LogP contribution >= 0.6 is 0 Å². The molecule has 1 aliphatic rings. The van der Waals surface area contributed by atoms with Gasteiger partial charge in [-0.3, -0.25) is 0 Å². The molecule has 3 nitrogen and oxygen atoms in total. The molecule has 1 heterocycles. The SMILES string of the molecule is CCCCCCCCCCCCCCO[Si](C)(C)OCC1CCCO1. The Kier molecular flexibility index (Phi) is 14.1. The van der Waals surface area contributed by atoms with E-state index in [-0.39, 0.29) is 0 Å². The lowest BCUT2D eigenvalue weighted by Crippen LogP contribution is -2.37. The fraction of sp³-hybridized carbons (Fsp3) is 1.00. The van der Waals surface area contributed by atoms with Crippen LogP contribution in [0.1, 0.15) is 96.8 Å². The van der Waals surface area contributed by atoms with Gasteiger partial charge in [0.05, 0.1) is 12.7 Å². The topological polar surface area (TPSA) is 27.7 Å². The van der Waals surface area contributed by atoms with Crippen LogP contribution in [0.5, 0.6) is 0 Å². The van der Waals surface area contributed by atoms with Crippen molar-refractivity contribution in [2.45, 2.75) is 116 Å². The first kappa shape index (κ1) is 23.1. The molecule has 0 amide bonds. The van der Waals surface area contributed by atoms with Crippen molar-refractivity contribution in [1.29, 1.82) is 0 Å². The minimum atomic E-state index is -1.95. The van der Waals surface area contributed by atoms with Crippen molar-refractivity contribution in [2.75, 3.05) is 19.8 Å². The summed E-state index contributed by atoms with van der Waals surface area (Å²) in [5.74, 6) is 0. The standard InChI is InChI=1S/C21H44O3Si/c1-4-5-6-7-8-9-10-11-12-13-14-15-19-23-25(2,3)24-20-21-17-16-18-22-21/h21H,4-20H2,1-3H3. The zero-order chi connectivity index (χ0) is 18.2. The molecule has 0 aromatic heterocycles. The van der Waals surface area contributed by atoms with Crippen LogP contribution in [-0.2, 0) is 13.6 Å². The highest BCUT2D eigenvalue weighted by molar-refractivity contribution is 6.64. The Morgan fingerprint density at radius 2 is 1.36 bits per heavy atom. The Balaban J connectivity index is 1.81. The third-order valence-electron chi connectivity index (χ3n) is 5.09. The van der Waals surface area contributed by atoms with E-state index in [1.54, 1.807) is 0 Å². The molecule has 1 fully saturated rings. The second-order valence-electron chi connectivity index (χ2n) is 8.08. The predicted octanol–water partition coefficient (Wildman–Crippen LogP) is 6.60. The first-order valence-electron chi connectivity index (χ1n) is 11.0. The molecule has 1 rings (SSSR count). The van der Waals surface area contributed by atoms with Crippen LogP contribution in [-0.4, -0.2) is 34.5 Å². The molecule has 1 saturated heterocycles. The third kappa shape index (κ3) is 13.9. The minimum Gasteiger partial charge on any atom is -0.395 e. The molecule has 0 radical (unpaired) electrons. The number of hydrogen-bond donors (Lipinski definition) is 0. The number of hydrogen-bond acceptors (Lipinski definition) is 3. The van der Waals surface area contributed by atoms with Gasteiger partial charge < -0.3 is 13.6 Å². The third-order valence-corrected chi connectivity index (χ3v) is 6.85. The lowest BCUT2D eigenvalue weighted by Gasteiger charge is -2.24. The maximum atomic E-state index is 6.04. The van der Waals surface area contributed by atoms with Crippen LogP contribution in [0.4, 0.5) is 0 Å². The van der Waals surface area contributed by atoms with Crippen LogP contribution in [0, 0.1) is 0 Å². The molecule has 25 heavy (non-hydrogen) atoms. The highest BCUT2D eigenvalue weighted by atomic mass is 28.4. The highest BCUT2D eigenvalue weighted by Gasteiger charge is 2.27. The Morgan fingerprint density at radius 1 is 0.800 bits per heavy atom. The first-order valence-corrected chi connectivity index (χ1v) is 13.9. The van der Waals surface area contributed by atoms with Gasteiger partial charge in [0, 0.05) is 13.2 Å². The second-order valence-corrected chi connectivity index (χ2v) is 11.5. The van der Waals surface area contributed by atoms with E-state index in [9.17, 15) is 0 Å². The summed E-state index contributed by atoms with van der Waals surface area (Å²) < 4.78 is 17.7. The molecule has 150 valence electrons. The van der Waals surface area contributed by atoms with Crippen LogP contribution < -0.4 is 0 Å². The Morgan fingerprint density at radius 3 is 1.88 bits per heavy atom. The van der Waals surface area contributed by atoms with Crippen molar-refractivity contribution in [1.82, 2.24) is 0 Å². The Hall–Kier alpha value is 0.0969. The lowest BCUT2D eigenvalue weighted by atomic mass is 10.1. The van der Waals surface area contributed by atoms with Crippen molar-refractivity contribution in [3.05, 3.63) is 0 Å². The summed E-state index contributed by atoms with van der Waals surface area (Å²) in [6, 6.07) is 0. The van der Waals surface area contributed by atoms with Gasteiger partial charge in [-0.15, -0.1) is 0 Å². The Bertz CT molecular complexity index is 291. The van der Waals surface area contributed by atoms with E-state index in [1.807, 2.05) is 0 Å². The quantitative estimate of drug-likeness (QED) is 0.212. The molecular formula is C21H44O3Si.